The van der Waals surface area contributed by atoms with E-state index in [9.17, 15) is 14.0 Å². The molecule has 1 fully saturated rings. The molecule has 0 atom stereocenters. The SMILES string of the molecule is O=C1S/C(=C\c2c3ccccc3nc3ccccc23)C(=O)N1Cc1ccc(F)cc1. The van der Waals surface area contributed by atoms with Gasteiger partial charge in [0, 0.05) is 10.8 Å². The third kappa shape index (κ3) is 3.25. The van der Waals surface area contributed by atoms with Crippen molar-refractivity contribution in [1.82, 2.24) is 9.88 Å². The van der Waals surface area contributed by atoms with Crippen LogP contribution in [0.1, 0.15) is 11.1 Å². The second-order valence-corrected chi connectivity index (χ2v) is 7.95. The lowest BCUT2D eigenvalue weighted by atomic mass is 10.0. The van der Waals surface area contributed by atoms with Crippen molar-refractivity contribution in [2.75, 3.05) is 0 Å². The number of hydrogen-bond donors (Lipinski definition) is 0. The summed E-state index contributed by atoms with van der Waals surface area (Å²) in [6, 6.07) is 21.3. The van der Waals surface area contributed by atoms with Crippen molar-refractivity contribution in [3.05, 3.63) is 94.6 Å². The van der Waals surface area contributed by atoms with E-state index in [0.29, 0.717) is 10.5 Å². The van der Waals surface area contributed by atoms with E-state index in [4.69, 9.17) is 4.98 Å². The number of rotatable bonds is 3. The first-order valence-electron chi connectivity index (χ1n) is 9.37. The second-order valence-electron chi connectivity index (χ2n) is 6.95. The third-order valence-electron chi connectivity index (χ3n) is 5.03. The molecule has 0 saturated carbocycles. The highest BCUT2D eigenvalue weighted by molar-refractivity contribution is 8.18. The number of para-hydroxylation sites is 2. The van der Waals surface area contributed by atoms with Gasteiger partial charge in [-0.05, 0) is 53.2 Å². The Balaban J connectivity index is 1.58. The zero-order valence-electron chi connectivity index (χ0n) is 15.7. The van der Waals surface area contributed by atoms with E-state index in [1.807, 2.05) is 48.5 Å². The highest BCUT2D eigenvalue weighted by Gasteiger charge is 2.35. The molecule has 1 saturated heterocycles. The molecule has 2 amide bonds. The molecule has 0 spiro atoms. The van der Waals surface area contributed by atoms with Gasteiger partial charge in [-0.3, -0.25) is 14.5 Å². The van der Waals surface area contributed by atoms with Crippen LogP contribution in [0.15, 0.2) is 77.7 Å². The van der Waals surface area contributed by atoms with E-state index in [1.165, 1.54) is 17.0 Å². The lowest BCUT2D eigenvalue weighted by molar-refractivity contribution is -0.123. The Labute approximate surface area is 176 Å². The van der Waals surface area contributed by atoms with Gasteiger partial charge in [0.15, 0.2) is 0 Å². The quantitative estimate of drug-likeness (QED) is 0.316. The Hall–Kier alpha value is -3.51. The standard InChI is InChI=1S/C24H15FN2O2S/c25-16-11-9-15(10-12-16)14-27-23(28)22(30-24(27)29)13-19-17-5-1-3-7-20(17)26-21-8-4-2-6-18(19)21/h1-13H,14H2/b22-13-. The van der Waals surface area contributed by atoms with Crippen molar-refractivity contribution in [2.24, 2.45) is 0 Å². The summed E-state index contributed by atoms with van der Waals surface area (Å²) in [7, 11) is 0. The summed E-state index contributed by atoms with van der Waals surface area (Å²) in [5.74, 6) is -0.705. The Bertz CT molecular complexity index is 1290. The Kier molecular flexibility index (Phi) is 4.56. The predicted octanol–water partition coefficient (Wildman–Crippen LogP) is 5.76. The van der Waals surface area contributed by atoms with Gasteiger partial charge < -0.3 is 0 Å². The van der Waals surface area contributed by atoms with E-state index in [1.54, 1.807) is 18.2 Å². The first kappa shape index (κ1) is 18.5. The maximum atomic E-state index is 13.1. The normalized spacial score (nSPS) is 15.6. The van der Waals surface area contributed by atoms with Gasteiger partial charge in [0.05, 0.1) is 22.5 Å². The van der Waals surface area contributed by atoms with Crippen LogP contribution < -0.4 is 0 Å². The van der Waals surface area contributed by atoms with Crippen molar-refractivity contribution in [3.63, 3.8) is 0 Å². The minimum atomic E-state index is -0.357. The second kappa shape index (κ2) is 7.39. The minimum absolute atomic E-state index is 0.111. The fraction of sp³-hybridized carbons (Fsp3) is 0.0417. The summed E-state index contributed by atoms with van der Waals surface area (Å²) in [6.07, 6.45) is 1.78. The van der Waals surface area contributed by atoms with Crippen LogP contribution in [0.5, 0.6) is 0 Å². The van der Waals surface area contributed by atoms with Crippen LogP contribution in [0.25, 0.3) is 27.9 Å². The number of thioether (sulfide) groups is 1. The van der Waals surface area contributed by atoms with Gasteiger partial charge in [0.2, 0.25) is 0 Å². The van der Waals surface area contributed by atoms with E-state index >= 15 is 0 Å². The lowest BCUT2D eigenvalue weighted by Crippen LogP contribution is -2.27. The number of nitrogens with zero attached hydrogens (tertiary/aromatic N) is 2. The highest BCUT2D eigenvalue weighted by atomic mass is 32.2. The molecule has 146 valence electrons. The number of benzene rings is 3. The maximum absolute atomic E-state index is 13.1. The summed E-state index contributed by atoms with van der Waals surface area (Å²) in [5.41, 5.74) is 3.21. The van der Waals surface area contributed by atoms with Crippen LogP contribution in [0.3, 0.4) is 0 Å². The Morgan fingerprint density at radius 2 is 1.47 bits per heavy atom. The van der Waals surface area contributed by atoms with Crippen molar-refractivity contribution in [3.8, 4) is 0 Å². The van der Waals surface area contributed by atoms with Crippen LogP contribution in [0.4, 0.5) is 9.18 Å². The molecule has 5 rings (SSSR count). The number of halogens is 1. The number of imide groups is 1. The number of amides is 2. The van der Waals surface area contributed by atoms with Crippen LogP contribution in [-0.4, -0.2) is 21.0 Å². The van der Waals surface area contributed by atoms with Crippen LogP contribution in [0.2, 0.25) is 0 Å². The average molecular weight is 414 g/mol. The summed E-state index contributed by atoms with van der Waals surface area (Å²) < 4.78 is 13.1. The van der Waals surface area contributed by atoms with E-state index in [-0.39, 0.29) is 23.5 Å². The summed E-state index contributed by atoms with van der Waals surface area (Å²) >= 11 is 0.920. The third-order valence-corrected chi connectivity index (χ3v) is 5.94. The van der Waals surface area contributed by atoms with Crippen LogP contribution in [0, 0.1) is 5.82 Å². The number of pyridine rings is 1. The molecule has 1 aliphatic rings. The molecule has 1 aromatic heterocycles. The molecule has 0 aliphatic carbocycles. The zero-order valence-corrected chi connectivity index (χ0v) is 16.5. The number of aromatic nitrogens is 1. The molecule has 4 aromatic rings. The van der Waals surface area contributed by atoms with Gasteiger partial charge in [-0.15, -0.1) is 0 Å². The minimum Gasteiger partial charge on any atom is -0.268 e. The Morgan fingerprint density at radius 3 is 2.10 bits per heavy atom. The molecule has 30 heavy (non-hydrogen) atoms. The molecular formula is C24H15FN2O2S. The van der Waals surface area contributed by atoms with Gasteiger partial charge in [-0.1, -0.05) is 48.5 Å². The predicted molar refractivity (Wildman–Crippen MR) is 117 cm³/mol. The first-order valence-corrected chi connectivity index (χ1v) is 10.2. The van der Waals surface area contributed by atoms with Gasteiger partial charge in [0.25, 0.3) is 11.1 Å². The summed E-state index contributed by atoms with van der Waals surface area (Å²) in [6.45, 7) is 0.111. The van der Waals surface area contributed by atoms with Crippen LogP contribution >= 0.6 is 11.8 Å². The Morgan fingerprint density at radius 1 is 0.867 bits per heavy atom. The summed E-state index contributed by atoms with van der Waals surface area (Å²) in [4.78, 5) is 31.8. The maximum Gasteiger partial charge on any atom is 0.293 e. The number of carbonyl (C=O) groups excluding carboxylic acids is 2. The van der Waals surface area contributed by atoms with E-state index in [0.717, 1.165) is 39.1 Å². The number of fused-ring (bicyclic) bond motifs is 2. The van der Waals surface area contributed by atoms with E-state index < -0.39 is 0 Å². The van der Waals surface area contributed by atoms with Crippen molar-refractivity contribution in [2.45, 2.75) is 6.54 Å². The fourth-order valence-electron chi connectivity index (χ4n) is 3.57. The molecule has 0 radical (unpaired) electrons. The largest absolute Gasteiger partial charge is 0.293 e. The van der Waals surface area contributed by atoms with Crippen LogP contribution in [-0.2, 0) is 11.3 Å². The molecule has 1 aliphatic heterocycles. The summed E-state index contributed by atoms with van der Waals surface area (Å²) in [5, 5.41) is 1.50. The molecule has 0 unspecified atom stereocenters. The molecule has 4 nitrogen and oxygen atoms in total. The molecule has 6 heteroatoms. The topological polar surface area (TPSA) is 50.3 Å². The number of hydrogen-bond acceptors (Lipinski definition) is 4. The molecule has 0 bridgehead atoms. The zero-order chi connectivity index (χ0) is 20.7. The van der Waals surface area contributed by atoms with Crippen molar-refractivity contribution < 1.29 is 14.0 Å². The van der Waals surface area contributed by atoms with E-state index in [2.05, 4.69) is 0 Å². The van der Waals surface area contributed by atoms with Crippen molar-refractivity contribution >= 4 is 50.8 Å². The molecular weight excluding hydrogens is 399 g/mol. The van der Waals surface area contributed by atoms with Gasteiger partial charge >= 0.3 is 0 Å². The smallest absolute Gasteiger partial charge is 0.268 e. The highest BCUT2D eigenvalue weighted by Crippen LogP contribution is 2.36. The van der Waals surface area contributed by atoms with Gasteiger partial charge in [-0.2, -0.15) is 0 Å². The molecule has 3 aromatic carbocycles. The first-order chi connectivity index (χ1) is 14.6. The van der Waals surface area contributed by atoms with Gasteiger partial charge in [0.1, 0.15) is 5.82 Å². The van der Waals surface area contributed by atoms with Gasteiger partial charge in [-0.25, -0.2) is 9.37 Å². The average Bonchev–Trinajstić information content (AvgIpc) is 3.02. The fourth-order valence-corrected chi connectivity index (χ4v) is 4.39. The molecule has 2 heterocycles. The van der Waals surface area contributed by atoms with Crippen molar-refractivity contribution in [1.29, 1.82) is 0 Å². The molecule has 0 N–H and O–H groups in total. The number of carbonyl (C=O) groups is 2. The monoisotopic (exact) mass is 414 g/mol. The lowest BCUT2D eigenvalue weighted by Gasteiger charge is -2.12.